The van der Waals surface area contributed by atoms with Gasteiger partial charge in [0.2, 0.25) is 0 Å². The predicted octanol–water partition coefficient (Wildman–Crippen LogP) is 1.15. The molecule has 0 saturated carbocycles. The highest BCUT2D eigenvalue weighted by molar-refractivity contribution is 7.80. The molecule has 0 spiro atoms. The van der Waals surface area contributed by atoms with Gasteiger partial charge in [0.25, 0.3) is 0 Å². The Labute approximate surface area is 114 Å². The molecule has 0 aliphatic rings. The van der Waals surface area contributed by atoms with Crippen molar-refractivity contribution in [2.24, 2.45) is 11.7 Å². The van der Waals surface area contributed by atoms with E-state index in [9.17, 15) is 9.59 Å². The number of ether oxygens (including phenoxy) is 2. The summed E-state index contributed by atoms with van der Waals surface area (Å²) < 4.78 is 9.78. The number of carbonyl (C=O) groups excluding carboxylic acids is 2. The summed E-state index contributed by atoms with van der Waals surface area (Å²) in [5.74, 6) is -0.780. The lowest BCUT2D eigenvalue weighted by molar-refractivity contribution is -0.159. The molecule has 5 nitrogen and oxygen atoms in total. The molecule has 18 heavy (non-hydrogen) atoms. The highest BCUT2D eigenvalue weighted by atomic mass is 32.1. The SMILES string of the molecule is COC(=O)C(N)CCC(CS)C(=O)OC(C)(C)C. The van der Waals surface area contributed by atoms with Gasteiger partial charge >= 0.3 is 11.9 Å². The molecule has 0 fully saturated rings. The Morgan fingerprint density at radius 2 is 1.78 bits per heavy atom. The second-order valence-corrected chi connectivity index (χ2v) is 5.49. The van der Waals surface area contributed by atoms with E-state index in [2.05, 4.69) is 17.4 Å². The molecule has 0 rings (SSSR count). The van der Waals surface area contributed by atoms with Crippen LogP contribution in [-0.4, -0.2) is 36.4 Å². The molecule has 0 aliphatic heterocycles. The van der Waals surface area contributed by atoms with E-state index in [0.717, 1.165) is 0 Å². The monoisotopic (exact) mass is 277 g/mol. The van der Waals surface area contributed by atoms with Crippen molar-refractivity contribution < 1.29 is 19.1 Å². The third kappa shape index (κ3) is 6.86. The van der Waals surface area contributed by atoms with Crippen molar-refractivity contribution in [3.63, 3.8) is 0 Å². The van der Waals surface area contributed by atoms with E-state index in [1.807, 2.05) is 0 Å². The number of rotatable bonds is 6. The first kappa shape index (κ1) is 17.2. The molecule has 2 N–H and O–H groups in total. The van der Waals surface area contributed by atoms with E-state index in [0.29, 0.717) is 18.6 Å². The minimum Gasteiger partial charge on any atom is -0.468 e. The Balaban J connectivity index is 4.27. The highest BCUT2D eigenvalue weighted by Gasteiger charge is 2.25. The second-order valence-electron chi connectivity index (χ2n) is 5.12. The van der Waals surface area contributed by atoms with Crippen molar-refractivity contribution in [2.75, 3.05) is 12.9 Å². The first-order valence-corrected chi connectivity index (χ1v) is 6.51. The summed E-state index contributed by atoms with van der Waals surface area (Å²) in [6.45, 7) is 5.42. The van der Waals surface area contributed by atoms with Crippen molar-refractivity contribution in [2.45, 2.75) is 45.3 Å². The van der Waals surface area contributed by atoms with Gasteiger partial charge in [-0.25, -0.2) is 0 Å². The molecule has 0 aromatic heterocycles. The molecule has 0 saturated heterocycles. The van der Waals surface area contributed by atoms with Gasteiger partial charge in [-0.15, -0.1) is 0 Å². The van der Waals surface area contributed by atoms with Crippen molar-refractivity contribution >= 4 is 24.6 Å². The maximum absolute atomic E-state index is 11.8. The van der Waals surface area contributed by atoms with Crippen LogP contribution in [0.5, 0.6) is 0 Å². The molecule has 0 heterocycles. The van der Waals surface area contributed by atoms with Gasteiger partial charge in [0.1, 0.15) is 11.6 Å². The molecule has 0 aromatic carbocycles. The predicted molar refractivity (Wildman–Crippen MR) is 72.4 cm³/mol. The first-order chi connectivity index (χ1) is 8.21. The lowest BCUT2D eigenvalue weighted by Crippen LogP contribution is -2.34. The highest BCUT2D eigenvalue weighted by Crippen LogP contribution is 2.17. The molecule has 0 amide bonds. The number of carbonyl (C=O) groups is 2. The summed E-state index contributed by atoms with van der Waals surface area (Å²) in [7, 11) is 1.28. The van der Waals surface area contributed by atoms with Crippen molar-refractivity contribution in [1.82, 2.24) is 0 Å². The van der Waals surface area contributed by atoms with E-state index in [-0.39, 0.29) is 11.9 Å². The minimum absolute atomic E-state index is 0.311. The average Bonchev–Trinajstić information content (AvgIpc) is 2.26. The van der Waals surface area contributed by atoms with Crippen molar-refractivity contribution in [3.05, 3.63) is 0 Å². The van der Waals surface area contributed by atoms with E-state index < -0.39 is 17.6 Å². The molecular formula is C12H23NO4S. The normalized spacial score (nSPS) is 14.8. The summed E-state index contributed by atoms with van der Waals surface area (Å²) in [5, 5.41) is 0. The number of thiol groups is 1. The van der Waals surface area contributed by atoms with E-state index in [1.165, 1.54) is 7.11 Å². The number of methoxy groups -OCH3 is 1. The molecule has 2 unspecified atom stereocenters. The van der Waals surface area contributed by atoms with Gasteiger partial charge in [0.15, 0.2) is 0 Å². The molecule has 0 aromatic rings. The molecule has 6 heteroatoms. The maximum atomic E-state index is 11.8. The van der Waals surface area contributed by atoms with E-state index in [4.69, 9.17) is 10.5 Å². The first-order valence-electron chi connectivity index (χ1n) is 5.88. The number of hydrogen-bond acceptors (Lipinski definition) is 6. The average molecular weight is 277 g/mol. The largest absolute Gasteiger partial charge is 0.468 e. The van der Waals surface area contributed by atoms with Gasteiger partial charge in [-0.1, -0.05) is 0 Å². The quantitative estimate of drug-likeness (QED) is 0.562. The van der Waals surface area contributed by atoms with Crippen LogP contribution in [0.4, 0.5) is 0 Å². The van der Waals surface area contributed by atoms with Crippen LogP contribution in [0.3, 0.4) is 0 Å². The summed E-state index contributed by atoms with van der Waals surface area (Å²) >= 11 is 4.12. The van der Waals surface area contributed by atoms with Crippen LogP contribution >= 0.6 is 12.6 Å². The summed E-state index contributed by atoms with van der Waals surface area (Å²) in [6.07, 6.45) is 0.825. The fourth-order valence-electron chi connectivity index (χ4n) is 1.32. The zero-order chi connectivity index (χ0) is 14.3. The Hall–Kier alpha value is -0.750. The van der Waals surface area contributed by atoms with Gasteiger partial charge in [-0.05, 0) is 33.6 Å². The second kappa shape index (κ2) is 7.63. The smallest absolute Gasteiger partial charge is 0.322 e. The maximum Gasteiger partial charge on any atom is 0.322 e. The van der Waals surface area contributed by atoms with Gasteiger partial charge in [-0.2, -0.15) is 12.6 Å². The lowest BCUT2D eigenvalue weighted by Gasteiger charge is -2.23. The third-order valence-electron chi connectivity index (χ3n) is 2.29. The van der Waals surface area contributed by atoms with E-state index >= 15 is 0 Å². The Morgan fingerprint density at radius 3 is 2.17 bits per heavy atom. The molecule has 0 bridgehead atoms. The van der Waals surface area contributed by atoms with Crippen LogP contribution in [0.1, 0.15) is 33.6 Å². The Morgan fingerprint density at radius 1 is 1.22 bits per heavy atom. The molecule has 106 valence electrons. The molecular weight excluding hydrogens is 254 g/mol. The van der Waals surface area contributed by atoms with Crippen LogP contribution in [0.2, 0.25) is 0 Å². The zero-order valence-electron chi connectivity index (χ0n) is 11.4. The number of nitrogens with two attached hydrogens (primary N) is 1. The fraction of sp³-hybridized carbons (Fsp3) is 0.833. The van der Waals surface area contributed by atoms with Gasteiger partial charge in [0.05, 0.1) is 13.0 Å². The molecule has 0 aliphatic carbocycles. The molecule has 0 radical (unpaired) electrons. The fourth-order valence-corrected chi connectivity index (χ4v) is 1.65. The summed E-state index contributed by atoms with van der Waals surface area (Å²) in [4.78, 5) is 22.9. The van der Waals surface area contributed by atoms with Crippen molar-refractivity contribution in [1.29, 1.82) is 0 Å². The van der Waals surface area contributed by atoms with Crippen LogP contribution < -0.4 is 5.73 Å². The third-order valence-corrected chi connectivity index (χ3v) is 2.73. The Bertz CT molecular complexity index is 288. The van der Waals surface area contributed by atoms with Crippen LogP contribution in [0.15, 0.2) is 0 Å². The minimum atomic E-state index is -0.708. The van der Waals surface area contributed by atoms with Crippen LogP contribution in [0, 0.1) is 5.92 Å². The molecule has 2 atom stereocenters. The van der Waals surface area contributed by atoms with Gasteiger partial charge in [-0.3, -0.25) is 9.59 Å². The van der Waals surface area contributed by atoms with Gasteiger partial charge in [0, 0.05) is 5.75 Å². The topological polar surface area (TPSA) is 78.6 Å². The summed E-state index contributed by atoms with van der Waals surface area (Å²) in [6, 6.07) is -0.708. The van der Waals surface area contributed by atoms with Crippen molar-refractivity contribution in [3.8, 4) is 0 Å². The Kier molecular flexibility index (Phi) is 7.32. The standard InChI is InChI=1S/C12H23NO4S/c1-12(2,3)17-10(14)8(7-18)5-6-9(13)11(15)16-4/h8-9,18H,5-7,13H2,1-4H3. The number of hydrogen-bond donors (Lipinski definition) is 2. The lowest BCUT2D eigenvalue weighted by atomic mass is 10.0. The van der Waals surface area contributed by atoms with Crippen LogP contribution in [0.25, 0.3) is 0 Å². The van der Waals surface area contributed by atoms with Crippen LogP contribution in [-0.2, 0) is 19.1 Å². The number of esters is 2. The zero-order valence-corrected chi connectivity index (χ0v) is 12.3. The summed E-state index contributed by atoms with van der Waals surface area (Å²) in [5.41, 5.74) is 5.08. The van der Waals surface area contributed by atoms with Gasteiger partial charge < -0.3 is 15.2 Å². The van der Waals surface area contributed by atoms with E-state index in [1.54, 1.807) is 20.8 Å².